The van der Waals surface area contributed by atoms with Crippen LogP contribution in [-0.4, -0.2) is 23.0 Å². The van der Waals surface area contributed by atoms with Crippen LogP contribution in [0.1, 0.15) is 36.8 Å². The number of hydrogen-bond donors (Lipinski definition) is 0. The van der Waals surface area contributed by atoms with Gasteiger partial charge < -0.3 is 8.75 Å². The molecule has 0 aliphatic carbocycles. The van der Waals surface area contributed by atoms with Crippen LogP contribution in [0.25, 0.3) is 10.4 Å². The fourth-order valence-electron chi connectivity index (χ4n) is 2.84. The van der Waals surface area contributed by atoms with Crippen molar-refractivity contribution in [3.05, 3.63) is 82.4 Å². The molecule has 0 atom stereocenters. The molecule has 0 amide bonds. The van der Waals surface area contributed by atoms with Gasteiger partial charge >= 0.3 is 10.1 Å². The number of hydrogen-bond acceptors (Lipinski definition) is 6. The van der Waals surface area contributed by atoms with E-state index in [1.54, 1.807) is 48.8 Å². The molecule has 150 valence electrons. The summed E-state index contributed by atoms with van der Waals surface area (Å²) in [6, 6.07) is 11.9. The van der Waals surface area contributed by atoms with Crippen LogP contribution >= 0.6 is 0 Å². The Labute approximate surface area is 168 Å². The third-order valence-electron chi connectivity index (χ3n) is 4.10. The molecule has 29 heavy (non-hydrogen) atoms. The lowest BCUT2D eigenvalue weighted by molar-refractivity contribution is 0.471. The zero-order valence-electron chi connectivity index (χ0n) is 16.0. The summed E-state index contributed by atoms with van der Waals surface area (Å²) < 4.78 is 33.3. The van der Waals surface area contributed by atoms with Gasteiger partial charge in [0.2, 0.25) is 0 Å². The summed E-state index contributed by atoms with van der Waals surface area (Å²) in [6.45, 7) is 3.79. The molecule has 10 heteroatoms. The molecule has 9 nitrogen and oxygen atoms in total. The molecule has 0 spiro atoms. The van der Waals surface area contributed by atoms with E-state index in [1.165, 1.54) is 4.57 Å². The molecular weight excluding hydrogens is 392 g/mol. The van der Waals surface area contributed by atoms with Crippen LogP contribution in [0.3, 0.4) is 0 Å². The maximum Gasteiger partial charge on any atom is 0.357 e. The van der Waals surface area contributed by atoms with Crippen molar-refractivity contribution in [2.75, 3.05) is 0 Å². The van der Waals surface area contributed by atoms with Gasteiger partial charge in [0.15, 0.2) is 5.03 Å². The normalized spacial score (nSPS) is 11.3. The number of para-hydroxylation sites is 1. The largest absolute Gasteiger partial charge is 0.378 e. The summed E-state index contributed by atoms with van der Waals surface area (Å²) >= 11 is 0. The van der Waals surface area contributed by atoms with Gasteiger partial charge in [-0.15, -0.1) is 0 Å². The Morgan fingerprint density at radius 1 is 1.21 bits per heavy atom. The first-order valence-corrected chi connectivity index (χ1v) is 10.3. The van der Waals surface area contributed by atoms with E-state index < -0.39 is 10.1 Å². The molecular formula is C19H20N6O3S. The molecule has 3 rings (SSSR count). The molecule has 1 aromatic carbocycles. The fourth-order valence-corrected chi connectivity index (χ4v) is 4.26. The van der Waals surface area contributed by atoms with E-state index in [1.807, 2.05) is 19.9 Å². The molecule has 0 fully saturated rings. The number of aromatic nitrogens is 3. The van der Waals surface area contributed by atoms with E-state index in [-0.39, 0.29) is 29.8 Å². The summed E-state index contributed by atoms with van der Waals surface area (Å²) in [5, 5.41) is 3.52. The minimum absolute atomic E-state index is 0.0525. The second kappa shape index (κ2) is 8.76. The second-order valence-corrected chi connectivity index (χ2v) is 8.02. The first-order chi connectivity index (χ1) is 13.9. The van der Waals surface area contributed by atoms with Crippen LogP contribution in [-0.2, 0) is 23.2 Å². The molecule has 0 saturated carbocycles. The van der Waals surface area contributed by atoms with E-state index in [9.17, 15) is 8.42 Å². The van der Waals surface area contributed by atoms with E-state index in [4.69, 9.17) is 9.71 Å². The Bertz CT molecular complexity index is 1120. The van der Waals surface area contributed by atoms with E-state index in [2.05, 4.69) is 20.0 Å². The van der Waals surface area contributed by atoms with Crippen LogP contribution in [0.4, 0.5) is 0 Å². The molecule has 0 aliphatic rings. The molecule has 0 unspecified atom stereocenters. The SMILES string of the molecule is CC(C)c1nc(CN=[N+]=[N-])n(Cc2cccnc2)c1S(=O)(=O)Oc1ccccc1. The standard InChI is InChI=1S/C19H20N6O3S/c1-14(2)18-19(29(26,27)28-16-8-4-3-5-9-16)25(17(23-18)12-22-24-20)13-15-7-6-10-21-11-15/h3-11,14H,12-13H2,1-2H3. The topological polar surface area (TPSA) is 123 Å². The van der Waals surface area contributed by atoms with E-state index >= 15 is 0 Å². The Kier molecular flexibility index (Phi) is 6.16. The average molecular weight is 412 g/mol. The van der Waals surface area contributed by atoms with Gasteiger partial charge in [-0.1, -0.05) is 43.2 Å². The van der Waals surface area contributed by atoms with Crippen molar-refractivity contribution in [1.82, 2.24) is 14.5 Å². The monoisotopic (exact) mass is 412 g/mol. The van der Waals surface area contributed by atoms with Crippen LogP contribution in [0.5, 0.6) is 5.75 Å². The molecule has 0 N–H and O–H groups in total. The molecule has 0 aliphatic heterocycles. The average Bonchev–Trinajstić information content (AvgIpc) is 3.07. The quantitative estimate of drug-likeness (QED) is 0.239. The van der Waals surface area contributed by atoms with Crippen molar-refractivity contribution in [1.29, 1.82) is 0 Å². The summed E-state index contributed by atoms with van der Waals surface area (Å²) in [5.41, 5.74) is 9.85. The van der Waals surface area contributed by atoms with E-state index in [0.29, 0.717) is 11.5 Å². The summed E-state index contributed by atoms with van der Waals surface area (Å²) in [5.74, 6) is 0.345. The smallest absolute Gasteiger partial charge is 0.357 e. The van der Waals surface area contributed by atoms with Crippen molar-refractivity contribution < 1.29 is 12.6 Å². The van der Waals surface area contributed by atoms with Crippen LogP contribution in [0.15, 0.2) is 65.0 Å². The van der Waals surface area contributed by atoms with Crippen LogP contribution < -0.4 is 4.18 Å². The van der Waals surface area contributed by atoms with Crippen molar-refractivity contribution in [3.8, 4) is 5.75 Å². The number of rotatable bonds is 8. The van der Waals surface area contributed by atoms with Gasteiger partial charge in [-0.3, -0.25) is 4.98 Å². The molecule has 2 aromatic heterocycles. The molecule has 0 bridgehead atoms. The van der Waals surface area contributed by atoms with E-state index in [0.717, 1.165) is 5.56 Å². The lowest BCUT2D eigenvalue weighted by atomic mass is 10.1. The molecule has 2 heterocycles. The first kappa shape index (κ1) is 20.4. The highest BCUT2D eigenvalue weighted by Crippen LogP contribution is 2.29. The zero-order chi connectivity index (χ0) is 20.9. The van der Waals surface area contributed by atoms with Gasteiger partial charge in [0, 0.05) is 17.3 Å². The molecule has 0 radical (unpaired) electrons. The summed E-state index contributed by atoms with van der Waals surface area (Å²) in [4.78, 5) is 11.3. The van der Waals surface area contributed by atoms with Gasteiger partial charge in [0.25, 0.3) is 0 Å². The Balaban J connectivity index is 2.16. The highest BCUT2D eigenvalue weighted by atomic mass is 32.2. The summed E-state index contributed by atoms with van der Waals surface area (Å²) in [7, 11) is -4.20. The van der Waals surface area contributed by atoms with Crippen molar-refractivity contribution in [2.45, 2.75) is 37.9 Å². The van der Waals surface area contributed by atoms with Gasteiger partial charge in [0.1, 0.15) is 11.6 Å². The lowest BCUT2D eigenvalue weighted by Gasteiger charge is -2.14. The minimum Gasteiger partial charge on any atom is -0.378 e. The van der Waals surface area contributed by atoms with Gasteiger partial charge in [-0.2, -0.15) is 8.42 Å². The predicted molar refractivity (Wildman–Crippen MR) is 107 cm³/mol. The number of azide groups is 1. The van der Waals surface area contributed by atoms with Crippen molar-refractivity contribution in [2.24, 2.45) is 5.11 Å². The predicted octanol–water partition coefficient (Wildman–Crippen LogP) is 4.03. The highest BCUT2D eigenvalue weighted by Gasteiger charge is 2.31. The Morgan fingerprint density at radius 3 is 2.59 bits per heavy atom. The van der Waals surface area contributed by atoms with Crippen LogP contribution in [0, 0.1) is 0 Å². The third kappa shape index (κ3) is 4.74. The first-order valence-electron chi connectivity index (χ1n) is 8.91. The number of imidazole rings is 1. The third-order valence-corrected chi connectivity index (χ3v) is 5.41. The zero-order valence-corrected chi connectivity index (χ0v) is 16.8. The Hall–Kier alpha value is -3.36. The van der Waals surface area contributed by atoms with Gasteiger partial charge in [-0.25, -0.2) is 4.98 Å². The molecule has 3 aromatic rings. The maximum atomic E-state index is 13.2. The minimum atomic E-state index is -4.20. The Morgan fingerprint density at radius 2 is 1.97 bits per heavy atom. The number of pyridine rings is 1. The second-order valence-electron chi connectivity index (χ2n) is 6.56. The summed E-state index contributed by atoms with van der Waals surface area (Å²) in [6.07, 6.45) is 3.27. The van der Waals surface area contributed by atoms with Crippen molar-refractivity contribution in [3.63, 3.8) is 0 Å². The number of benzene rings is 1. The lowest BCUT2D eigenvalue weighted by Crippen LogP contribution is -2.19. The van der Waals surface area contributed by atoms with Gasteiger partial charge in [0.05, 0.1) is 18.8 Å². The highest BCUT2D eigenvalue weighted by molar-refractivity contribution is 7.87. The van der Waals surface area contributed by atoms with Gasteiger partial charge in [-0.05, 0) is 35.2 Å². The fraction of sp³-hybridized carbons (Fsp3) is 0.263. The van der Waals surface area contributed by atoms with Crippen LogP contribution in [0.2, 0.25) is 0 Å². The molecule has 0 saturated heterocycles. The van der Waals surface area contributed by atoms with Crippen molar-refractivity contribution >= 4 is 10.1 Å². The number of nitrogens with zero attached hydrogens (tertiary/aromatic N) is 6. The maximum absolute atomic E-state index is 13.2.